The van der Waals surface area contributed by atoms with Gasteiger partial charge in [0.15, 0.2) is 5.76 Å². The van der Waals surface area contributed by atoms with Crippen LogP contribution in [0.3, 0.4) is 0 Å². The number of benzene rings is 1. The van der Waals surface area contributed by atoms with E-state index in [0.29, 0.717) is 30.8 Å². The highest BCUT2D eigenvalue weighted by Gasteiger charge is 2.47. The Balaban J connectivity index is 2.65. The Labute approximate surface area is 160 Å². The number of hydrogen-bond donors (Lipinski definition) is 1. The summed E-state index contributed by atoms with van der Waals surface area (Å²) in [5.41, 5.74) is 2.34. The molecule has 0 radical (unpaired) electrons. The molecule has 1 amide bonds. The summed E-state index contributed by atoms with van der Waals surface area (Å²) in [5, 5.41) is 3.07. The zero-order valence-electron chi connectivity index (χ0n) is 16.8. The first kappa shape index (κ1) is 21.0. The van der Waals surface area contributed by atoms with Gasteiger partial charge in [-0.05, 0) is 38.3 Å². The quantitative estimate of drug-likeness (QED) is 0.698. The van der Waals surface area contributed by atoms with Gasteiger partial charge in [0, 0.05) is 20.1 Å². The van der Waals surface area contributed by atoms with E-state index in [4.69, 9.17) is 14.2 Å². The second-order valence-corrected chi connectivity index (χ2v) is 6.84. The van der Waals surface area contributed by atoms with Crippen molar-refractivity contribution in [2.24, 2.45) is 0 Å². The van der Waals surface area contributed by atoms with Crippen molar-refractivity contribution < 1.29 is 23.8 Å². The summed E-state index contributed by atoms with van der Waals surface area (Å²) >= 11 is 0. The lowest BCUT2D eigenvalue weighted by molar-refractivity contribution is -0.116. The van der Waals surface area contributed by atoms with Gasteiger partial charge in [-0.25, -0.2) is 4.79 Å². The summed E-state index contributed by atoms with van der Waals surface area (Å²) in [5.74, 6) is 0.0890. The fourth-order valence-electron chi connectivity index (χ4n) is 3.49. The number of amides is 1. The molecular formula is C21H29NO5. The minimum absolute atomic E-state index is 0.200. The van der Waals surface area contributed by atoms with E-state index in [1.807, 2.05) is 39.0 Å². The average molecular weight is 375 g/mol. The number of methoxy groups -OCH3 is 1. The summed E-state index contributed by atoms with van der Waals surface area (Å²) in [7, 11) is 1.61. The van der Waals surface area contributed by atoms with E-state index in [-0.39, 0.29) is 12.5 Å². The van der Waals surface area contributed by atoms with Crippen LogP contribution in [0, 0.1) is 13.8 Å². The molecule has 1 aromatic carbocycles. The third kappa shape index (κ3) is 4.50. The molecule has 2 rings (SSSR count). The van der Waals surface area contributed by atoms with Crippen molar-refractivity contribution in [1.29, 1.82) is 0 Å². The molecule has 6 heteroatoms. The van der Waals surface area contributed by atoms with Crippen LogP contribution in [0.2, 0.25) is 0 Å². The van der Waals surface area contributed by atoms with Crippen LogP contribution in [0.25, 0.3) is 5.57 Å². The van der Waals surface area contributed by atoms with E-state index in [9.17, 15) is 9.59 Å². The second-order valence-electron chi connectivity index (χ2n) is 6.84. The van der Waals surface area contributed by atoms with Gasteiger partial charge in [0.1, 0.15) is 5.54 Å². The van der Waals surface area contributed by atoms with Crippen molar-refractivity contribution >= 4 is 17.6 Å². The van der Waals surface area contributed by atoms with E-state index >= 15 is 0 Å². The van der Waals surface area contributed by atoms with Crippen LogP contribution < -0.4 is 5.32 Å². The van der Waals surface area contributed by atoms with Gasteiger partial charge in [0.25, 0.3) is 5.91 Å². The third-order valence-corrected chi connectivity index (χ3v) is 4.76. The normalized spacial score (nSPS) is 19.2. The highest BCUT2D eigenvalue weighted by Crippen LogP contribution is 2.40. The first-order valence-electron chi connectivity index (χ1n) is 9.37. The monoisotopic (exact) mass is 375 g/mol. The Bertz CT molecular complexity index is 740. The minimum atomic E-state index is -0.801. The zero-order chi connectivity index (χ0) is 20.0. The Morgan fingerprint density at radius 3 is 2.56 bits per heavy atom. The maximum atomic E-state index is 13.0. The van der Waals surface area contributed by atoms with Crippen LogP contribution in [-0.2, 0) is 19.0 Å². The highest BCUT2D eigenvalue weighted by molar-refractivity contribution is 6.23. The molecule has 0 aromatic heterocycles. The summed E-state index contributed by atoms with van der Waals surface area (Å²) in [4.78, 5) is 25.2. The smallest absolute Gasteiger partial charge is 0.434 e. The molecule has 1 aromatic rings. The number of nitrogens with one attached hydrogen (secondary N) is 1. The van der Waals surface area contributed by atoms with E-state index in [1.54, 1.807) is 14.0 Å². The van der Waals surface area contributed by atoms with Gasteiger partial charge in [-0.3, -0.25) is 4.79 Å². The van der Waals surface area contributed by atoms with Crippen LogP contribution >= 0.6 is 0 Å². The first-order valence-corrected chi connectivity index (χ1v) is 9.37. The van der Waals surface area contributed by atoms with Crippen molar-refractivity contribution in [2.75, 3.05) is 20.3 Å². The fraction of sp³-hybridized carbons (Fsp3) is 0.524. The van der Waals surface area contributed by atoms with Crippen molar-refractivity contribution in [1.82, 2.24) is 5.32 Å². The third-order valence-electron chi connectivity index (χ3n) is 4.76. The molecule has 1 heterocycles. The van der Waals surface area contributed by atoms with Crippen molar-refractivity contribution in [3.8, 4) is 0 Å². The Morgan fingerprint density at radius 2 is 1.93 bits per heavy atom. The Hall–Kier alpha value is -2.34. The van der Waals surface area contributed by atoms with Crippen molar-refractivity contribution in [3.63, 3.8) is 0 Å². The van der Waals surface area contributed by atoms with E-state index in [2.05, 4.69) is 5.32 Å². The molecule has 0 spiro atoms. The standard InChI is InChI=1S/C21H29NO5/c1-6-10-21(11-12-25-5)18(27-20(24)26-7-2)17(19(23)22-21)16-13-14(3)8-9-15(16)4/h8-9,13H,6-7,10-12H2,1-5H3,(H,22,23)/t21-/m1/s1. The second kappa shape index (κ2) is 9.04. The van der Waals surface area contributed by atoms with Gasteiger partial charge >= 0.3 is 6.16 Å². The number of rotatable bonds is 8. The molecule has 0 aliphatic carbocycles. The van der Waals surface area contributed by atoms with Crippen LogP contribution in [-0.4, -0.2) is 37.9 Å². The van der Waals surface area contributed by atoms with Gasteiger partial charge in [-0.2, -0.15) is 0 Å². The lowest BCUT2D eigenvalue weighted by Crippen LogP contribution is -2.46. The van der Waals surface area contributed by atoms with Crippen molar-refractivity contribution in [2.45, 2.75) is 52.5 Å². The summed E-state index contributed by atoms with van der Waals surface area (Å²) in [6.45, 7) is 8.27. The minimum Gasteiger partial charge on any atom is -0.434 e. The summed E-state index contributed by atoms with van der Waals surface area (Å²) in [6.07, 6.45) is 1.14. The van der Waals surface area contributed by atoms with Gasteiger partial charge in [-0.1, -0.05) is 37.1 Å². The molecule has 6 nitrogen and oxygen atoms in total. The predicted octanol–water partition coefficient (Wildman–Crippen LogP) is 3.89. The average Bonchev–Trinajstić information content (AvgIpc) is 2.87. The molecule has 1 aliphatic rings. The first-order chi connectivity index (χ1) is 12.9. The molecule has 0 bridgehead atoms. The number of ether oxygens (including phenoxy) is 3. The number of carbonyl (C=O) groups excluding carboxylic acids is 2. The molecule has 0 saturated carbocycles. The maximum absolute atomic E-state index is 13.0. The lowest BCUT2D eigenvalue weighted by Gasteiger charge is -2.31. The number of aryl methyl sites for hydroxylation is 2. The molecule has 0 saturated heterocycles. The summed E-state index contributed by atoms with van der Waals surface area (Å²) in [6, 6.07) is 5.89. The maximum Gasteiger partial charge on any atom is 0.513 e. The Kier molecular flexibility index (Phi) is 7.02. The fourth-order valence-corrected chi connectivity index (χ4v) is 3.49. The summed E-state index contributed by atoms with van der Waals surface area (Å²) < 4.78 is 15.9. The van der Waals surface area contributed by atoms with E-state index in [1.165, 1.54) is 0 Å². The highest BCUT2D eigenvalue weighted by atomic mass is 16.7. The van der Waals surface area contributed by atoms with Crippen LogP contribution in [0.1, 0.15) is 49.8 Å². The van der Waals surface area contributed by atoms with Crippen LogP contribution in [0.5, 0.6) is 0 Å². The molecule has 1 atom stereocenters. The lowest BCUT2D eigenvalue weighted by atomic mass is 9.87. The zero-order valence-corrected chi connectivity index (χ0v) is 16.8. The molecule has 0 unspecified atom stereocenters. The predicted molar refractivity (Wildman–Crippen MR) is 103 cm³/mol. The van der Waals surface area contributed by atoms with Gasteiger partial charge in [-0.15, -0.1) is 0 Å². The van der Waals surface area contributed by atoms with Crippen molar-refractivity contribution in [3.05, 3.63) is 40.6 Å². The topological polar surface area (TPSA) is 73.9 Å². The molecule has 1 aliphatic heterocycles. The van der Waals surface area contributed by atoms with E-state index in [0.717, 1.165) is 23.1 Å². The molecule has 148 valence electrons. The van der Waals surface area contributed by atoms with Gasteiger partial charge < -0.3 is 19.5 Å². The molecule has 1 N–H and O–H groups in total. The van der Waals surface area contributed by atoms with Gasteiger partial charge in [0.2, 0.25) is 0 Å². The van der Waals surface area contributed by atoms with E-state index < -0.39 is 11.7 Å². The SMILES string of the molecule is CCC[C@]1(CCOC)NC(=O)C(c2cc(C)ccc2C)=C1OC(=O)OCC. The Morgan fingerprint density at radius 1 is 1.19 bits per heavy atom. The largest absolute Gasteiger partial charge is 0.513 e. The van der Waals surface area contributed by atoms with Crippen LogP contribution in [0.15, 0.2) is 24.0 Å². The van der Waals surface area contributed by atoms with Gasteiger partial charge in [0.05, 0.1) is 12.2 Å². The number of hydrogen-bond acceptors (Lipinski definition) is 5. The molecule has 27 heavy (non-hydrogen) atoms. The number of carbonyl (C=O) groups is 2. The molecular weight excluding hydrogens is 346 g/mol. The van der Waals surface area contributed by atoms with Crippen LogP contribution in [0.4, 0.5) is 4.79 Å². The molecule has 0 fully saturated rings.